The van der Waals surface area contributed by atoms with Crippen LogP contribution < -0.4 is 10.1 Å². The predicted octanol–water partition coefficient (Wildman–Crippen LogP) is 3.05. The largest absolute Gasteiger partial charge is 0.486 e. The summed E-state index contributed by atoms with van der Waals surface area (Å²) in [5, 5.41) is 22.7. The number of nitro groups is 1. The zero-order valence-electron chi connectivity index (χ0n) is 11.3. The van der Waals surface area contributed by atoms with E-state index in [2.05, 4.69) is 15.5 Å². The van der Waals surface area contributed by atoms with E-state index in [1.807, 2.05) is 6.92 Å². The maximum atomic E-state index is 10.8. The van der Waals surface area contributed by atoms with Crippen molar-refractivity contribution in [2.75, 3.05) is 24.2 Å². The number of nitrogens with zero attached hydrogens (tertiary/aromatic N) is 3. The Kier molecular flexibility index (Phi) is 5.76. The van der Waals surface area contributed by atoms with E-state index >= 15 is 0 Å². The summed E-state index contributed by atoms with van der Waals surface area (Å²) in [7, 11) is 0. The molecule has 1 heterocycles. The summed E-state index contributed by atoms with van der Waals surface area (Å²) in [6.07, 6.45) is 0. The van der Waals surface area contributed by atoms with Crippen LogP contribution in [0.25, 0.3) is 0 Å². The van der Waals surface area contributed by atoms with Crippen molar-refractivity contribution in [1.82, 2.24) is 10.2 Å². The summed E-state index contributed by atoms with van der Waals surface area (Å²) in [5.41, 5.74) is -0.0205. The van der Waals surface area contributed by atoms with Gasteiger partial charge in [0.1, 0.15) is 0 Å². The highest BCUT2D eigenvalue weighted by Crippen LogP contribution is 2.27. The van der Waals surface area contributed by atoms with Gasteiger partial charge in [0.15, 0.2) is 10.1 Å². The third kappa shape index (κ3) is 4.57. The number of anilines is 1. The normalized spacial score (nSPS) is 10.3. The van der Waals surface area contributed by atoms with Crippen LogP contribution in [0.5, 0.6) is 5.75 Å². The van der Waals surface area contributed by atoms with Crippen LogP contribution >= 0.6 is 23.1 Å². The first kappa shape index (κ1) is 15.5. The number of nitro benzene ring substituents is 1. The second-order valence-corrected chi connectivity index (χ2v) is 6.14. The molecule has 0 atom stereocenters. The van der Waals surface area contributed by atoms with Crippen molar-refractivity contribution < 1.29 is 9.66 Å². The Labute approximate surface area is 129 Å². The SMILES string of the molecule is CCNc1nnc(SCCOc2ccccc2[N+](=O)[O-])s1. The zero-order chi connectivity index (χ0) is 15.1. The van der Waals surface area contributed by atoms with Gasteiger partial charge in [-0.25, -0.2) is 0 Å². The maximum Gasteiger partial charge on any atom is 0.310 e. The van der Waals surface area contributed by atoms with Crippen LogP contribution in [0.1, 0.15) is 6.92 Å². The number of thioether (sulfide) groups is 1. The van der Waals surface area contributed by atoms with Crippen molar-refractivity contribution in [3.63, 3.8) is 0 Å². The minimum absolute atomic E-state index is 0.0205. The van der Waals surface area contributed by atoms with Crippen LogP contribution in [0.15, 0.2) is 28.6 Å². The molecule has 0 aliphatic rings. The fourth-order valence-electron chi connectivity index (χ4n) is 1.50. The summed E-state index contributed by atoms with van der Waals surface area (Å²) in [4.78, 5) is 10.4. The number of hydrogen-bond acceptors (Lipinski definition) is 8. The van der Waals surface area contributed by atoms with E-state index in [-0.39, 0.29) is 11.4 Å². The number of rotatable bonds is 8. The first-order valence-electron chi connectivity index (χ1n) is 6.27. The summed E-state index contributed by atoms with van der Waals surface area (Å²) in [6, 6.07) is 6.35. The first-order chi connectivity index (χ1) is 10.2. The molecule has 0 saturated heterocycles. The Hall–Kier alpha value is -1.87. The van der Waals surface area contributed by atoms with Gasteiger partial charge in [-0.15, -0.1) is 10.2 Å². The van der Waals surface area contributed by atoms with Gasteiger partial charge in [-0.2, -0.15) is 0 Å². The van der Waals surface area contributed by atoms with Gasteiger partial charge < -0.3 is 10.1 Å². The molecule has 0 unspecified atom stereocenters. The smallest absolute Gasteiger partial charge is 0.310 e. The molecule has 1 aromatic carbocycles. The van der Waals surface area contributed by atoms with Gasteiger partial charge >= 0.3 is 5.69 Å². The highest BCUT2D eigenvalue weighted by atomic mass is 32.2. The Morgan fingerprint density at radius 1 is 1.43 bits per heavy atom. The van der Waals surface area contributed by atoms with Crippen LogP contribution in [0.2, 0.25) is 0 Å². The highest BCUT2D eigenvalue weighted by molar-refractivity contribution is 8.01. The summed E-state index contributed by atoms with van der Waals surface area (Å²) < 4.78 is 6.30. The lowest BCUT2D eigenvalue weighted by Gasteiger charge is -2.05. The number of nitrogens with one attached hydrogen (secondary N) is 1. The molecule has 0 bridgehead atoms. The molecule has 7 nitrogen and oxygen atoms in total. The van der Waals surface area contributed by atoms with Crippen molar-refractivity contribution in [3.8, 4) is 5.75 Å². The molecule has 9 heteroatoms. The Morgan fingerprint density at radius 2 is 2.24 bits per heavy atom. The van der Waals surface area contributed by atoms with Crippen molar-refractivity contribution in [1.29, 1.82) is 0 Å². The third-order valence-corrected chi connectivity index (χ3v) is 4.34. The van der Waals surface area contributed by atoms with Crippen molar-refractivity contribution in [3.05, 3.63) is 34.4 Å². The molecular formula is C12H14N4O3S2. The molecular weight excluding hydrogens is 312 g/mol. The molecule has 0 saturated carbocycles. The molecule has 0 aliphatic carbocycles. The van der Waals surface area contributed by atoms with Gasteiger partial charge in [0.25, 0.3) is 0 Å². The summed E-state index contributed by atoms with van der Waals surface area (Å²) in [5.74, 6) is 0.931. The fourth-order valence-corrected chi connectivity index (χ4v) is 3.21. The second-order valence-electron chi connectivity index (χ2n) is 3.83. The molecule has 0 aliphatic heterocycles. The molecule has 0 fully saturated rings. The molecule has 1 aromatic heterocycles. The summed E-state index contributed by atoms with van der Waals surface area (Å²) >= 11 is 2.99. The van der Waals surface area contributed by atoms with Gasteiger partial charge in [-0.3, -0.25) is 10.1 Å². The second kappa shape index (κ2) is 7.79. The number of para-hydroxylation sites is 2. The molecule has 112 valence electrons. The number of benzene rings is 1. The minimum Gasteiger partial charge on any atom is -0.486 e. The zero-order valence-corrected chi connectivity index (χ0v) is 12.9. The minimum atomic E-state index is -0.448. The molecule has 2 rings (SSSR count). The van der Waals surface area contributed by atoms with Crippen molar-refractivity contribution >= 4 is 33.9 Å². The Balaban J connectivity index is 1.80. The lowest BCUT2D eigenvalue weighted by molar-refractivity contribution is -0.385. The fraction of sp³-hybridized carbons (Fsp3) is 0.333. The molecule has 21 heavy (non-hydrogen) atoms. The van der Waals surface area contributed by atoms with Gasteiger partial charge in [0, 0.05) is 18.4 Å². The van der Waals surface area contributed by atoms with Crippen LogP contribution in [-0.4, -0.2) is 34.0 Å². The Bertz CT molecular complexity index is 606. The van der Waals surface area contributed by atoms with E-state index < -0.39 is 4.92 Å². The van der Waals surface area contributed by atoms with E-state index in [0.29, 0.717) is 12.4 Å². The number of hydrogen-bond donors (Lipinski definition) is 1. The average molecular weight is 326 g/mol. The quantitative estimate of drug-likeness (QED) is 0.345. The molecule has 0 amide bonds. The monoisotopic (exact) mass is 326 g/mol. The van der Waals surface area contributed by atoms with Gasteiger partial charge in [0.05, 0.1) is 11.5 Å². The van der Waals surface area contributed by atoms with E-state index in [1.54, 1.807) is 18.2 Å². The summed E-state index contributed by atoms with van der Waals surface area (Å²) in [6.45, 7) is 3.17. The lowest BCUT2D eigenvalue weighted by Crippen LogP contribution is -2.02. The van der Waals surface area contributed by atoms with E-state index in [1.165, 1.54) is 29.2 Å². The topological polar surface area (TPSA) is 90.2 Å². The van der Waals surface area contributed by atoms with Crippen LogP contribution in [0, 0.1) is 10.1 Å². The first-order valence-corrected chi connectivity index (χ1v) is 8.07. The van der Waals surface area contributed by atoms with Gasteiger partial charge in [-0.1, -0.05) is 35.2 Å². The van der Waals surface area contributed by atoms with E-state index in [0.717, 1.165) is 16.0 Å². The van der Waals surface area contributed by atoms with E-state index in [9.17, 15) is 10.1 Å². The lowest BCUT2D eigenvalue weighted by atomic mass is 10.3. The maximum absolute atomic E-state index is 10.8. The highest BCUT2D eigenvalue weighted by Gasteiger charge is 2.13. The number of aromatic nitrogens is 2. The Morgan fingerprint density at radius 3 is 3.00 bits per heavy atom. The van der Waals surface area contributed by atoms with Gasteiger partial charge in [-0.05, 0) is 13.0 Å². The molecule has 0 radical (unpaired) electrons. The third-order valence-electron chi connectivity index (χ3n) is 2.36. The van der Waals surface area contributed by atoms with Crippen LogP contribution in [0.4, 0.5) is 10.8 Å². The van der Waals surface area contributed by atoms with Crippen LogP contribution in [0.3, 0.4) is 0 Å². The molecule has 2 aromatic rings. The van der Waals surface area contributed by atoms with Crippen LogP contribution in [-0.2, 0) is 0 Å². The average Bonchev–Trinajstić information content (AvgIpc) is 2.92. The number of ether oxygens (including phenoxy) is 1. The van der Waals surface area contributed by atoms with E-state index in [4.69, 9.17) is 4.74 Å². The molecule has 0 spiro atoms. The predicted molar refractivity (Wildman–Crippen MR) is 83.4 cm³/mol. The molecule has 1 N–H and O–H groups in total. The van der Waals surface area contributed by atoms with Crippen molar-refractivity contribution in [2.45, 2.75) is 11.3 Å². The standard InChI is InChI=1S/C12H14N4O3S2/c1-2-13-11-14-15-12(21-11)20-8-7-19-10-6-4-3-5-9(10)16(17)18/h3-6H,2,7-8H2,1H3,(H,13,14). The van der Waals surface area contributed by atoms with Crippen molar-refractivity contribution in [2.24, 2.45) is 0 Å². The van der Waals surface area contributed by atoms with Gasteiger partial charge in [0.2, 0.25) is 5.13 Å².